The van der Waals surface area contributed by atoms with E-state index in [-0.39, 0.29) is 11.8 Å². The highest BCUT2D eigenvalue weighted by atomic mass is 16.6. The Balaban J connectivity index is 1.85. The van der Waals surface area contributed by atoms with Crippen LogP contribution in [0.25, 0.3) is 0 Å². The summed E-state index contributed by atoms with van der Waals surface area (Å²) in [6, 6.07) is 5.41. The molecule has 19 heavy (non-hydrogen) atoms. The monoisotopic (exact) mass is 265 g/mol. The average molecular weight is 265 g/mol. The SMILES string of the molecule is COCC1CC(OC(=O)c2ccc([N+](=O)[O-])cc2)C1. The summed E-state index contributed by atoms with van der Waals surface area (Å²) in [7, 11) is 1.65. The van der Waals surface area contributed by atoms with Gasteiger partial charge in [-0.2, -0.15) is 0 Å². The van der Waals surface area contributed by atoms with E-state index in [1.807, 2.05) is 0 Å². The molecule has 2 rings (SSSR count). The predicted octanol–water partition coefficient (Wildman–Crippen LogP) is 2.18. The number of carbonyl (C=O) groups is 1. The van der Waals surface area contributed by atoms with Gasteiger partial charge >= 0.3 is 5.97 Å². The number of rotatable bonds is 5. The van der Waals surface area contributed by atoms with Crippen molar-refractivity contribution in [2.24, 2.45) is 5.92 Å². The summed E-state index contributed by atoms with van der Waals surface area (Å²) in [6.45, 7) is 0.686. The van der Waals surface area contributed by atoms with E-state index in [2.05, 4.69) is 0 Å². The molecule has 1 aliphatic carbocycles. The van der Waals surface area contributed by atoms with Crippen LogP contribution in [0.15, 0.2) is 24.3 Å². The molecule has 0 aromatic heterocycles. The van der Waals surface area contributed by atoms with Gasteiger partial charge in [-0.1, -0.05) is 0 Å². The quantitative estimate of drug-likeness (QED) is 0.463. The third-order valence-corrected chi connectivity index (χ3v) is 3.18. The fourth-order valence-corrected chi connectivity index (χ4v) is 2.08. The molecule has 1 saturated carbocycles. The third-order valence-electron chi connectivity index (χ3n) is 3.18. The Morgan fingerprint density at radius 2 is 2.00 bits per heavy atom. The number of ether oxygens (including phenoxy) is 2. The Morgan fingerprint density at radius 3 is 2.53 bits per heavy atom. The number of nitro benzene ring substituents is 1. The van der Waals surface area contributed by atoms with Crippen LogP contribution < -0.4 is 0 Å². The molecular weight excluding hydrogens is 250 g/mol. The Labute approximate surface area is 110 Å². The van der Waals surface area contributed by atoms with Crippen molar-refractivity contribution in [1.29, 1.82) is 0 Å². The smallest absolute Gasteiger partial charge is 0.338 e. The lowest BCUT2D eigenvalue weighted by atomic mass is 9.83. The summed E-state index contributed by atoms with van der Waals surface area (Å²) in [5.41, 5.74) is 0.293. The van der Waals surface area contributed by atoms with Crippen molar-refractivity contribution in [2.45, 2.75) is 18.9 Å². The maximum Gasteiger partial charge on any atom is 0.338 e. The lowest BCUT2D eigenvalue weighted by Gasteiger charge is -2.34. The minimum atomic E-state index is -0.504. The number of nitrogens with zero attached hydrogens (tertiary/aromatic N) is 1. The second kappa shape index (κ2) is 5.79. The number of benzene rings is 1. The molecule has 0 N–H and O–H groups in total. The zero-order valence-corrected chi connectivity index (χ0v) is 10.6. The van der Waals surface area contributed by atoms with Gasteiger partial charge in [0, 0.05) is 25.8 Å². The molecule has 0 unspecified atom stereocenters. The number of hydrogen-bond donors (Lipinski definition) is 0. The van der Waals surface area contributed by atoms with Crippen LogP contribution in [0.1, 0.15) is 23.2 Å². The van der Waals surface area contributed by atoms with Gasteiger partial charge in [0.2, 0.25) is 0 Å². The Bertz CT molecular complexity index is 464. The summed E-state index contributed by atoms with van der Waals surface area (Å²) < 4.78 is 10.3. The standard InChI is InChI=1S/C13H15NO5/c1-18-8-9-6-12(7-9)19-13(15)10-2-4-11(5-3-10)14(16)17/h2-5,9,12H,6-8H2,1H3. The van der Waals surface area contributed by atoms with Crippen molar-refractivity contribution >= 4 is 11.7 Å². The fourth-order valence-electron chi connectivity index (χ4n) is 2.08. The fraction of sp³-hybridized carbons (Fsp3) is 0.462. The van der Waals surface area contributed by atoms with E-state index in [4.69, 9.17) is 9.47 Å². The first-order chi connectivity index (χ1) is 9.10. The molecule has 0 bridgehead atoms. The second-order valence-corrected chi connectivity index (χ2v) is 4.62. The number of nitro groups is 1. The third kappa shape index (κ3) is 3.29. The predicted molar refractivity (Wildman–Crippen MR) is 66.9 cm³/mol. The molecule has 0 atom stereocenters. The van der Waals surface area contributed by atoms with Crippen molar-refractivity contribution < 1.29 is 19.2 Å². The van der Waals surface area contributed by atoms with Gasteiger partial charge < -0.3 is 9.47 Å². The zero-order valence-electron chi connectivity index (χ0n) is 10.6. The van der Waals surface area contributed by atoms with Crippen LogP contribution in [0.2, 0.25) is 0 Å². The lowest BCUT2D eigenvalue weighted by Crippen LogP contribution is -2.35. The molecule has 0 radical (unpaired) electrons. The van der Waals surface area contributed by atoms with E-state index in [0.717, 1.165) is 12.8 Å². The summed E-state index contributed by atoms with van der Waals surface area (Å²) in [5, 5.41) is 10.5. The molecule has 1 aliphatic rings. The maximum absolute atomic E-state index is 11.8. The van der Waals surface area contributed by atoms with E-state index in [1.54, 1.807) is 7.11 Å². The van der Waals surface area contributed by atoms with E-state index >= 15 is 0 Å². The van der Waals surface area contributed by atoms with Crippen molar-refractivity contribution in [3.63, 3.8) is 0 Å². The van der Waals surface area contributed by atoms with Crippen LogP contribution in [0.5, 0.6) is 0 Å². The van der Waals surface area contributed by atoms with Crippen LogP contribution in [-0.2, 0) is 9.47 Å². The Morgan fingerprint density at radius 1 is 1.37 bits per heavy atom. The topological polar surface area (TPSA) is 78.7 Å². The Kier molecular flexibility index (Phi) is 4.11. The first-order valence-corrected chi connectivity index (χ1v) is 6.04. The van der Waals surface area contributed by atoms with Crippen molar-refractivity contribution in [3.8, 4) is 0 Å². The van der Waals surface area contributed by atoms with Gasteiger partial charge in [-0.25, -0.2) is 4.79 Å². The van der Waals surface area contributed by atoms with Gasteiger partial charge in [0.05, 0.1) is 10.5 Å². The molecule has 6 nitrogen and oxygen atoms in total. The highest BCUT2D eigenvalue weighted by molar-refractivity contribution is 5.89. The molecule has 0 aliphatic heterocycles. The first-order valence-electron chi connectivity index (χ1n) is 6.04. The summed E-state index contributed by atoms with van der Waals surface area (Å²) in [5.74, 6) is 0.0235. The summed E-state index contributed by atoms with van der Waals surface area (Å²) in [4.78, 5) is 21.8. The number of carbonyl (C=O) groups excluding carboxylic acids is 1. The zero-order chi connectivity index (χ0) is 13.8. The molecule has 102 valence electrons. The van der Waals surface area contributed by atoms with Crippen LogP contribution in [0.3, 0.4) is 0 Å². The van der Waals surface area contributed by atoms with E-state index in [0.29, 0.717) is 18.1 Å². The van der Waals surface area contributed by atoms with Gasteiger partial charge in [-0.15, -0.1) is 0 Å². The number of hydrogen-bond acceptors (Lipinski definition) is 5. The van der Waals surface area contributed by atoms with Gasteiger partial charge in [-0.05, 0) is 30.9 Å². The Hall–Kier alpha value is -1.95. The van der Waals surface area contributed by atoms with E-state index in [1.165, 1.54) is 24.3 Å². The molecule has 1 aromatic carbocycles. The molecule has 0 spiro atoms. The van der Waals surface area contributed by atoms with E-state index in [9.17, 15) is 14.9 Å². The maximum atomic E-state index is 11.8. The molecule has 0 heterocycles. The summed E-state index contributed by atoms with van der Waals surface area (Å²) in [6.07, 6.45) is 1.56. The highest BCUT2D eigenvalue weighted by Gasteiger charge is 2.32. The normalized spacial score (nSPS) is 21.5. The molecule has 1 fully saturated rings. The van der Waals surface area contributed by atoms with Gasteiger partial charge in [0.15, 0.2) is 0 Å². The van der Waals surface area contributed by atoms with Crippen LogP contribution in [0, 0.1) is 16.0 Å². The van der Waals surface area contributed by atoms with Crippen molar-refractivity contribution in [2.75, 3.05) is 13.7 Å². The molecular formula is C13H15NO5. The van der Waals surface area contributed by atoms with Crippen molar-refractivity contribution in [1.82, 2.24) is 0 Å². The second-order valence-electron chi connectivity index (χ2n) is 4.62. The van der Waals surface area contributed by atoms with Crippen LogP contribution in [0.4, 0.5) is 5.69 Å². The van der Waals surface area contributed by atoms with Gasteiger partial charge in [0.1, 0.15) is 6.10 Å². The minimum Gasteiger partial charge on any atom is -0.459 e. The largest absolute Gasteiger partial charge is 0.459 e. The molecule has 0 saturated heterocycles. The summed E-state index contributed by atoms with van der Waals surface area (Å²) >= 11 is 0. The minimum absolute atomic E-state index is 0.0413. The van der Waals surface area contributed by atoms with Gasteiger partial charge in [0.25, 0.3) is 5.69 Å². The van der Waals surface area contributed by atoms with Gasteiger partial charge in [-0.3, -0.25) is 10.1 Å². The molecule has 1 aromatic rings. The van der Waals surface area contributed by atoms with E-state index < -0.39 is 10.9 Å². The van der Waals surface area contributed by atoms with Crippen LogP contribution in [-0.4, -0.2) is 30.7 Å². The molecule has 0 amide bonds. The number of non-ortho nitro benzene ring substituents is 1. The number of methoxy groups -OCH3 is 1. The molecule has 6 heteroatoms. The first kappa shape index (κ1) is 13.5. The average Bonchev–Trinajstić information content (AvgIpc) is 2.36. The number of esters is 1. The lowest BCUT2D eigenvalue weighted by molar-refractivity contribution is -0.384. The highest BCUT2D eigenvalue weighted by Crippen LogP contribution is 2.30. The van der Waals surface area contributed by atoms with Crippen LogP contribution >= 0.6 is 0 Å². The van der Waals surface area contributed by atoms with Crippen molar-refractivity contribution in [3.05, 3.63) is 39.9 Å².